The van der Waals surface area contributed by atoms with Crippen LogP contribution in [-0.4, -0.2) is 42.2 Å². The van der Waals surface area contributed by atoms with E-state index in [1.165, 1.54) is 0 Å². The number of carboxylic acids is 1. The maximum Gasteiger partial charge on any atom is 0.303 e. The number of halogens is 1. The Morgan fingerprint density at radius 2 is 2.16 bits per heavy atom. The van der Waals surface area contributed by atoms with E-state index in [-0.39, 0.29) is 12.5 Å². The van der Waals surface area contributed by atoms with E-state index in [9.17, 15) is 4.79 Å². The molecule has 0 bridgehead atoms. The van der Waals surface area contributed by atoms with Crippen LogP contribution in [0.1, 0.15) is 24.5 Å². The van der Waals surface area contributed by atoms with Gasteiger partial charge in [0.2, 0.25) is 0 Å². The van der Waals surface area contributed by atoms with Gasteiger partial charge in [-0.25, -0.2) is 0 Å². The highest BCUT2D eigenvalue weighted by Gasteiger charge is 2.21. The minimum atomic E-state index is -0.734. The minimum Gasteiger partial charge on any atom is -0.481 e. The summed E-state index contributed by atoms with van der Waals surface area (Å²) in [6.07, 6.45) is 0.960. The first kappa shape index (κ1) is 14.3. The molecule has 104 valence electrons. The van der Waals surface area contributed by atoms with Crippen LogP contribution in [0.3, 0.4) is 0 Å². The molecule has 1 atom stereocenters. The molecular formula is C14H18ClNO3. The van der Waals surface area contributed by atoms with E-state index >= 15 is 0 Å². The zero-order valence-corrected chi connectivity index (χ0v) is 11.5. The lowest BCUT2D eigenvalue weighted by Gasteiger charge is -2.33. The average molecular weight is 284 g/mol. The largest absolute Gasteiger partial charge is 0.481 e. The van der Waals surface area contributed by atoms with Gasteiger partial charge in [0.25, 0.3) is 0 Å². The Balaban J connectivity index is 1.86. The summed E-state index contributed by atoms with van der Waals surface area (Å²) in [5.74, 6) is -0.734. The molecule has 0 spiro atoms. The van der Waals surface area contributed by atoms with Crippen molar-refractivity contribution in [2.75, 3.05) is 26.2 Å². The molecule has 5 heteroatoms. The van der Waals surface area contributed by atoms with Crippen molar-refractivity contribution in [3.05, 3.63) is 34.9 Å². The molecule has 1 N–H and O–H groups in total. The van der Waals surface area contributed by atoms with E-state index < -0.39 is 5.97 Å². The molecule has 1 aromatic carbocycles. The topological polar surface area (TPSA) is 49.8 Å². The number of carbonyl (C=O) groups is 1. The number of benzene rings is 1. The molecule has 4 nitrogen and oxygen atoms in total. The van der Waals surface area contributed by atoms with E-state index in [1.54, 1.807) is 0 Å². The van der Waals surface area contributed by atoms with Gasteiger partial charge in [-0.05, 0) is 30.7 Å². The third-order valence-electron chi connectivity index (χ3n) is 3.26. The van der Waals surface area contributed by atoms with Crippen molar-refractivity contribution < 1.29 is 14.6 Å². The number of aliphatic carboxylic acids is 1. The van der Waals surface area contributed by atoms with Crippen molar-refractivity contribution in [2.24, 2.45) is 0 Å². The van der Waals surface area contributed by atoms with Crippen LogP contribution >= 0.6 is 11.6 Å². The third kappa shape index (κ3) is 4.49. The monoisotopic (exact) mass is 283 g/mol. The van der Waals surface area contributed by atoms with Gasteiger partial charge < -0.3 is 9.84 Å². The van der Waals surface area contributed by atoms with E-state index in [1.807, 2.05) is 24.3 Å². The number of carboxylic acid groups (broad SMARTS) is 1. The van der Waals surface area contributed by atoms with Gasteiger partial charge in [-0.15, -0.1) is 0 Å². The van der Waals surface area contributed by atoms with Gasteiger partial charge in [0.1, 0.15) is 0 Å². The normalized spacial score (nSPS) is 20.4. The smallest absolute Gasteiger partial charge is 0.303 e. The Morgan fingerprint density at radius 1 is 1.42 bits per heavy atom. The predicted molar refractivity (Wildman–Crippen MR) is 73.5 cm³/mol. The zero-order chi connectivity index (χ0) is 13.7. The molecule has 0 radical (unpaired) electrons. The van der Waals surface area contributed by atoms with Crippen molar-refractivity contribution >= 4 is 17.6 Å². The van der Waals surface area contributed by atoms with Crippen LogP contribution in [0.2, 0.25) is 5.02 Å². The summed E-state index contributed by atoms with van der Waals surface area (Å²) in [7, 11) is 0. The molecule has 0 saturated carbocycles. The van der Waals surface area contributed by atoms with Crippen LogP contribution < -0.4 is 0 Å². The highest BCUT2D eigenvalue weighted by molar-refractivity contribution is 6.30. The van der Waals surface area contributed by atoms with Crippen molar-refractivity contribution in [1.82, 2.24) is 4.90 Å². The van der Waals surface area contributed by atoms with E-state index in [4.69, 9.17) is 21.4 Å². The van der Waals surface area contributed by atoms with E-state index in [0.717, 1.165) is 30.2 Å². The molecule has 2 rings (SSSR count). The molecule has 19 heavy (non-hydrogen) atoms. The highest BCUT2D eigenvalue weighted by Crippen LogP contribution is 2.23. The van der Waals surface area contributed by atoms with Crippen LogP contribution in [0, 0.1) is 0 Å². The lowest BCUT2D eigenvalue weighted by atomic mass is 10.1. The van der Waals surface area contributed by atoms with Crippen LogP contribution in [-0.2, 0) is 9.53 Å². The highest BCUT2D eigenvalue weighted by atomic mass is 35.5. The number of ether oxygens (including phenoxy) is 1. The number of rotatable bonds is 5. The molecule has 1 saturated heterocycles. The Hall–Kier alpha value is -1.10. The summed E-state index contributed by atoms with van der Waals surface area (Å²) >= 11 is 5.87. The van der Waals surface area contributed by atoms with Crippen LogP contribution in [0.4, 0.5) is 0 Å². The lowest BCUT2D eigenvalue weighted by Crippen LogP contribution is -2.38. The second-order valence-corrected chi connectivity index (χ2v) is 5.15. The summed E-state index contributed by atoms with van der Waals surface area (Å²) in [6.45, 7) is 3.16. The number of hydrogen-bond donors (Lipinski definition) is 1. The maximum absolute atomic E-state index is 10.5. The van der Waals surface area contributed by atoms with E-state index in [0.29, 0.717) is 13.0 Å². The van der Waals surface area contributed by atoms with Crippen molar-refractivity contribution in [3.63, 3.8) is 0 Å². The van der Waals surface area contributed by atoms with Crippen molar-refractivity contribution in [3.8, 4) is 0 Å². The van der Waals surface area contributed by atoms with Crippen molar-refractivity contribution in [2.45, 2.75) is 18.9 Å². The predicted octanol–water partition coefficient (Wildman–Crippen LogP) is 2.58. The standard InChI is InChI=1S/C14H18ClNO3/c15-12-5-3-11(4-6-12)13-10-16(8-9-19-13)7-1-2-14(17)18/h3-6,13H,1-2,7-10H2,(H,17,18). The van der Waals surface area contributed by atoms with Crippen LogP contribution in [0.5, 0.6) is 0 Å². The zero-order valence-electron chi connectivity index (χ0n) is 10.7. The molecule has 0 aromatic heterocycles. The second kappa shape index (κ2) is 6.89. The molecular weight excluding hydrogens is 266 g/mol. The van der Waals surface area contributed by atoms with E-state index in [2.05, 4.69) is 4.90 Å². The Bertz CT molecular complexity index is 421. The van der Waals surface area contributed by atoms with Gasteiger partial charge in [0.15, 0.2) is 0 Å². The third-order valence-corrected chi connectivity index (χ3v) is 3.51. The molecule has 0 aliphatic carbocycles. The molecule has 1 heterocycles. The fourth-order valence-corrected chi connectivity index (χ4v) is 2.36. The van der Waals surface area contributed by atoms with Gasteiger partial charge in [-0.2, -0.15) is 0 Å². The average Bonchev–Trinajstić information content (AvgIpc) is 2.39. The summed E-state index contributed by atoms with van der Waals surface area (Å²) < 4.78 is 5.76. The molecule has 0 amide bonds. The fraction of sp³-hybridized carbons (Fsp3) is 0.500. The Morgan fingerprint density at radius 3 is 2.84 bits per heavy atom. The molecule has 1 aliphatic rings. The minimum absolute atomic E-state index is 0.0517. The van der Waals surface area contributed by atoms with Gasteiger partial charge in [0.05, 0.1) is 12.7 Å². The summed E-state index contributed by atoms with van der Waals surface area (Å²) in [5.41, 5.74) is 1.12. The molecule has 1 fully saturated rings. The molecule has 1 aliphatic heterocycles. The van der Waals surface area contributed by atoms with Crippen molar-refractivity contribution in [1.29, 1.82) is 0 Å². The van der Waals surface area contributed by atoms with Crippen LogP contribution in [0.25, 0.3) is 0 Å². The van der Waals surface area contributed by atoms with Gasteiger partial charge in [-0.1, -0.05) is 23.7 Å². The summed E-state index contributed by atoms with van der Waals surface area (Å²) in [4.78, 5) is 12.8. The molecule has 1 unspecified atom stereocenters. The summed E-state index contributed by atoms with van der Waals surface area (Å²) in [5, 5.41) is 9.36. The molecule has 1 aromatic rings. The SMILES string of the molecule is O=C(O)CCCN1CCOC(c2ccc(Cl)cc2)C1. The van der Waals surface area contributed by atoms with Gasteiger partial charge >= 0.3 is 5.97 Å². The van der Waals surface area contributed by atoms with Gasteiger partial charge in [0, 0.05) is 24.5 Å². The number of nitrogens with zero attached hydrogens (tertiary/aromatic N) is 1. The number of hydrogen-bond acceptors (Lipinski definition) is 3. The second-order valence-electron chi connectivity index (χ2n) is 4.71. The Labute approximate surface area is 117 Å². The summed E-state index contributed by atoms with van der Waals surface area (Å²) in [6, 6.07) is 7.69. The van der Waals surface area contributed by atoms with Gasteiger partial charge in [-0.3, -0.25) is 9.69 Å². The first-order valence-corrected chi connectivity index (χ1v) is 6.84. The van der Waals surface area contributed by atoms with Crippen LogP contribution in [0.15, 0.2) is 24.3 Å². The quantitative estimate of drug-likeness (QED) is 0.902. The first-order valence-electron chi connectivity index (χ1n) is 6.46. The lowest BCUT2D eigenvalue weighted by molar-refractivity contribution is -0.137. The Kier molecular flexibility index (Phi) is 5.19. The first-order chi connectivity index (χ1) is 9.15. The number of morpholine rings is 1. The fourth-order valence-electron chi connectivity index (χ4n) is 2.24. The maximum atomic E-state index is 10.5.